The first-order chi connectivity index (χ1) is 19.4. The Kier molecular flexibility index (Phi) is 8.24. The highest BCUT2D eigenvalue weighted by Gasteiger charge is 2.50. The lowest BCUT2D eigenvalue weighted by atomic mass is 9.85. The van der Waals surface area contributed by atoms with E-state index in [1.165, 1.54) is 0 Å². The van der Waals surface area contributed by atoms with Crippen LogP contribution in [0.15, 0.2) is 73.3 Å². The number of sulfonamides is 1. The van der Waals surface area contributed by atoms with Crippen LogP contribution in [0.25, 0.3) is 16.6 Å². The lowest BCUT2D eigenvalue weighted by Gasteiger charge is -2.33. The standard InChI is InChI=1S/C29H26Cl2F3N3O3S/c1-18(17-38)28-35-25-11-6-21(27(19-2-7-22(30)8-3-19)20-4-9-23(31)10-5-20)16-26(25)37(28)24-12-14-36(15-13-24)41(39,40)29(32,33)34/h2-11,16,24,27,38H,1,12-15,17H2. The van der Waals surface area contributed by atoms with Gasteiger partial charge in [-0.05, 0) is 65.9 Å². The Morgan fingerprint density at radius 1 is 0.951 bits per heavy atom. The molecule has 3 aromatic carbocycles. The second kappa shape index (κ2) is 11.4. The van der Waals surface area contributed by atoms with Gasteiger partial charge in [-0.3, -0.25) is 0 Å². The molecule has 41 heavy (non-hydrogen) atoms. The topological polar surface area (TPSA) is 75.4 Å². The number of piperidine rings is 1. The second-order valence-electron chi connectivity index (χ2n) is 9.93. The molecular formula is C29H26Cl2F3N3O3S. The Bertz CT molecular complexity index is 1640. The van der Waals surface area contributed by atoms with Crippen molar-refractivity contribution in [2.24, 2.45) is 0 Å². The molecule has 0 spiro atoms. The molecule has 1 aromatic heterocycles. The van der Waals surface area contributed by atoms with Gasteiger partial charge >= 0.3 is 15.5 Å². The number of halogens is 5. The first-order valence-corrected chi connectivity index (χ1v) is 15.0. The van der Waals surface area contributed by atoms with Crippen molar-refractivity contribution in [2.75, 3.05) is 19.7 Å². The van der Waals surface area contributed by atoms with Gasteiger partial charge in [0.1, 0.15) is 5.82 Å². The molecule has 0 saturated carbocycles. The summed E-state index contributed by atoms with van der Waals surface area (Å²) in [5, 5.41) is 11.1. The van der Waals surface area contributed by atoms with Crippen molar-refractivity contribution in [3.63, 3.8) is 0 Å². The van der Waals surface area contributed by atoms with E-state index in [4.69, 9.17) is 28.2 Å². The van der Waals surface area contributed by atoms with Crippen LogP contribution < -0.4 is 0 Å². The molecule has 0 unspecified atom stereocenters. The van der Waals surface area contributed by atoms with E-state index in [2.05, 4.69) is 6.58 Å². The predicted octanol–water partition coefficient (Wildman–Crippen LogP) is 7.02. The number of hydrogen-bond donors (Lipinski definition) is 1. The molecule has 12 heteroatoms. The number of nitrogens with zero attached hydrogens (tertiary/aromatic N) is 3. The average Bonchev–Trinajstić information content (AvgIpc) is 3.33. The van der Waals surface area contributed by atoms with Crippen molar-refractivity contribution in [3.05, 3.63) is 106 Å². The van der Waals surface area contributed by atoms with Crippen LogP contribution in [0.4, 0.5) is 13.2 Å². The summed E-state index contributed by atoms with van der Waals surface area (Å²) in [5.74, 6) is 0.201. The molecule has 5 rings (SSSR count). The van der Waals surface area contributed by atoms with Gasteiger partial charge in [0.15, 0.2) is 0 Å². The van der Waals surface area contributed by atoms with E-state index < -0.39 is 15.5 Å². The van der Waals surface area contributed by atoms with Gasteiger partial charge < -0.3 is 9.67 Å². The van der Waals surface area contributed by atoms with E-state index in [0.29, 0.717) is 36.8 Å². The summed E-state index contributed by atoms with van der Waals surface area (Å²) in [4.78, 5) is 4.69. The van der Waals surface area contributed by atoms with Crippen LogP contribution in [0.2, 0.25) is 10.0 Å². The fourth-order valence-corrected chi connectivity index (χ4v) is 6.59. The number of benzene rings is 3. The SMILES string of the molecule is C=C(CO)c1nc2ccc(C(c3ccc(Cl)cc3)c3ccc(Cl)cc3)cc2n1C1CCN(S(=O)(=O)C(F)(F)F)CC1. The molecule has 1 fully saturated rings. The Morgan fingerprint density at radius 3 is 1.95 bits per heavy atom. The molecule has 0 amide bonds. The summed E-state index contributed by atoms with van der Waals surface area (Å²) < 4.78 is 65.8. The molecule has 1 N–H and O–H groups in total. The average molecular weight is 625 g/mol. The first kappa shape index (κ1) is 29.6. The Labute approximate surface area is 245 Å². The van der Waals surface area contributed by atoms with Crippen LogP contribution in [0.5, 0.6) is 0 Å². The molecule has 4 aromatic rings. The minimum absolute atomic E-state index is 0.133. The number of rotatable bonds is 7. The Hall–Kier alpha value is -2.89. The second-order valence-corrected chi connectivity index (χ2v) is 12.7. The lowest BCUT2D eigenvalue weighted by Crippen LogP contribution is -2.45. The molecule has 0 aliphatic carbocycles. The van der Waals surface area contributed by atoms with E-state index in [9.17, 15) is 26.7 Å². The molecule has 1 aliphatic rings. The van der Waals surface area contributed by atoms with Crippen molar-refractivity contribution < 1.29 is 26.7 Å². The van der Waals surface area contributed by atoms with Crippen molar-refractivity contribution >= 4 is 49.8 Å². The number of aliphatic hydroxyl groups is 1. The van der Waals surface area contributed by atoms with Crippen molar-refractivity contribution in [2.45, 2.75) is 30.3 Å². The molecule has 1 saturated heterocycles. The normalized spacial score (nSPS) is 15.6. The fraction of sp³-hybridized carbons (Fsp3) is 0.276. The lowest BCUT2D eigenvalue weighted by molar-refractivity contribution is -0.0496. The van der Waals surface area contributed by atoms with Gasteiger partial charge in [-0.25, -0.2) is 13.4 Å². The van der Waals surface area contributed by atoms with Crippen LogP contribution >= 0.6 is 23.2 Å². The number of aliphatic hydroxyl groups excluding tert-OH is 1. The smallest absolute Gasteiger partial charge is 0.392 e. The Balaban J connectivity index is 1.60. The quantitative estimate of drug-likeness (QED) is 0.225. The third kappa shape index (κ3) is 5.76. The maximum absolute atomic E-state index is 13.2. The highest BCUT2D eigenvalue weighted by Crippen LogP contribution is 2.38. The zero-order valence-electron chi connectivity index (χ0n) is 21.7. The van der Waals surface area contributed by atoms with Gasteiger partial charge in [-0.2, -0.15) is 17.5 Å². The van der Waals surface area contributed by atoms with Crippen LogP contribution in [0, 0.1) is 0 Å². The highest BCUT2D eigenvalue weighted by molar-refractivity contribution is 7.90. The molecule has 216 valence electrons. The van der Waals surface area contributed by atoms with Crippen molar-refractivity contribution in [1.82, 2.24) is 13.9 Å². The first-order valence-electron chi connectivity index (χ1n) is 12.8. The minimum Gasteiger partial charge on any atom is -0.392 e. The molecule has 0 bridgehead atoms. The summed E-state index contributed by atoms with van der Waals surface area (Å²) in [5.41, 5.74) is -0.806. The number of imidazole rings is 1. The third-order valence-corrected chi connectivity index (χ3v) is 9.52. The summed E-state index contributed by atoms with van der Waals surface area (Å²) in [6.45, 7) is 2.98. The van der Waals surface area contributed by atoms with Crippen LogP contribution in [-0.2, 0) is 10.0 Å². The van der Waals surface area contributed by atoms with Crippen LogP contribution in [0.3, 0.4) is 0 Å². The zero-order chi connectivity index (χ0) is 29.5. The van der Waals surface area contributed by atoms with Gasteiger partial charge in [-0.1, -0.05) is 60.1 Å². The molecular weight excluding hydrogens is 598 g/mol. The highest BCUT2D eigenvalue weighted by atomic mass is 35.5. The van der Waals surface area contributed by atoms with E-state index in [1.54, 1.807) is 0 Å². The van der Waals surface area contributed by atoms with Gasteiger partial charge in [0, 0.05) is 40.7 Å². The number of aromatic nitrogens is 2. The summed E-state index contributed by atoms with van der Waals surface area (Å²) in [6, 6.07) is 20.5. The van der Waals surface area contributed by atoms with Crippen molar-refractivity contribution in [3.8, 4) is 0 Å². The van der Waals surface area contributed by atoms with E-state index in [1.807, 2.05) is 71.3 Å². The predicted molar refractivity (Wildman–Crippen MR) is 155 cm³/mol. The summed E-state index contributed by atoms with van der Waals surface area (Å²) in [6.07, 6.45) is 0.267. The molecule has 0 radical (unpaired) electrons. The number of hydrogen-bond acceptors (Lipinski definition) is 4. The minimum atomic E-state index is -5.42. The Morgan fingerprint density at radius 2 is 1.46 bits per heavy atom. The zero-order valence-corrected chi connectivity index (χ0v) is 24.0. The fourth-order valence-electron chi connectivity index (χ4n) is 5.35. The molecule has 0 atom stereocenters. The maximum atomic E-state index is 13.2. The van der Waals surface area contributed by atoms with Gasteiger partial charge in [0.05, 0.1) is 17.6 Å². The van der Waals surface area contributed by atoms with Gasteiger partial charge in [-0.15, -0.1) is 0 Å². The monoisotopic (exact) mass is 623 g/mol. The molecule has 2 heterocycles. The van der Waals surface area contributed by atoms with Gasteiger partial charge in [0.25, 0.3) is 0 Å². The summed E-state index contributed by atoms with van der Waals surface area (Å²) in [7, 11) is -5.42. The largest absolute Gasteiger partial charge is 0.511 e. The van der Waals surface area contributed by atoms with Crippen molar-refractivity contribution in [1.29, 1.82) is 0 Å². The van der Waals surface area contributed by atoms with Gasteiger partial charge in [0.2, 0.25) is 0 Å². The number of fused-ring (bicyclic) bond motifs is 1. The third-order valence-electron chi connectivity index (χ3n) is 7.38. The van der Waals surface area contributed by atoms with E-state index in [-0.39, 0.29) is 44.5 Å². The molecule has 6 nitrogen and oxygen atoms in total. The number of alkyl halides is 3. The van der Waals surface area contributed by atoms with E-state index >= 15 is 0 Å². The van der Waals surface area contributed by atoms with Crippen LogP contribution in [-0.4, -0.2) is 52.6 Å². The molecule has 1 aliphatic heterocycles. The van der Waals surface area contributed by atoms with Crippen LogP contribution in [0.1, 0.15) is 47.3 Å². The van der Waals surface area contributed by atoms with E-state index in [0.717, 1.165) is 16.7 Å². The summed E-state index contributed by atoms with van der Waals surface area (Å²) >= 11 is 12.3. The maximum Gasteiger partial charge on any atom is 0.511 e.